The molecule has 0 aliphatic heterocycles. The van der Waals surface area contributed by atoms with Gasteiger partial charge in [-0.1, -0.05) is 49.7 Å². The predicted octanol–water partition coefficient (Wildman–Crippen LogP) is 4.76. The van der Waals surface area contributed by atoms with Crippen molar-refractivity contribution in [3.8, 4) is 5.75 Å². The van der Waals surface area contributed by atoms with Gasteiger partial charge in [0.05, 0.1) is 10.7 Å². The zero-order valence-corrected chi connectivity index (χ0v) is 15.8. The molecular formula is C18H18BrClN2O2. The van der Waals surface area contributed by atoms with Crippen molar-refractivity contribution in [3.05, 3.63) is 63.1 Å². The van der Waals surface area contributed by atoms with Crippen molar-refractivity contribution in [3.63, 3.8) is 0 Å². The SMILES string of the molecule is CC(C)c1ccc(OCC(=O)N/N=C/c2ccccc2Cl)c(Br)c1. The van der Waals surface area contributed by atoms with Crippen LogP contribution in [0.25, 0.3) is 0 Å². The highest BCUT2D eigenvalue weighted by molar-refractivity contribution is 9.10. The topological polar surface area (TPSA) is 50.7 Å². The number of hydrazone groups is 1. The maximum atomic E-state index is 11.8. The van der Waals surface area contributed by atoms with E-state index >= 15 is 0 Å². The molecule has 0 aromatic heterocycles. The van der Waals surface area contributed by atoms with Gasteiger partial charge in [-0.05, 0) is 45.6 Å². The summed E-state index contributed by atoms with van der Waals surface area (Å²) in [6.45, 7) is 4.11. The van der Waals surface area contributed by atoms with E-state index in [4.69, 9.17) is 16.3 Å². The van der Waals surface area contributed by atoms with Gasteiger partial charge >= 0.3 is 0 Å². The van der Waals surface area contributed by atoms with Crippen molar-refractivity contribution in [2.45, 2.75) is 19.8 Å². The number of carbonyl (C=O) groups excluding carboxylic acids is 1. The molecular weight excluding hydrogens is 392 g/mol. The van der Waals surface area contributed by atoms with Gasteiger partial charge in [0.25, 0.3) is 5.91 Å². The van der Waals surface area contributed by atoms with E-state index in [-0.39, 0.29) is 12.5 Å². The molecule has 0 radical (unpaired) electrons. The highest BCUT2D eigenvalue weighted by Crippen LogP contribution is 2.28. The van der Waals surface area contributed by atoms with Crippen LogP contribution in [0.2, 0.25) is 5.02 Å². The summed E-state index contributed by atoms with van der Waals surface area (Å²) in [7, 11) is 0. The second kappa shape index (κ2) is 8.85. The summed E-state index contributed by atoms with van der Waals surface area (Å²) in [5.41, 5.74) is 4.34. The summed E-state index contributed by atoms with van der Waals surface area (Å²) in [6, 6.07) is 13.1. The van der Waals surface area contributed by atoms with Gasteiger partial charge in [-0.3, -0.25) is 4.79 Å². The minimum atomic E-state index is -0.349. The lowest BCUT2D eigenvalue weighted by Crippen LogP contribution is -2.24. The Morgan fingerprint density at radius 1 is 1.33 bits per heavy atom. The second-order valence-electron chi connectivity index (χ2n) is 5.45. The smallest absolute Gasteiger partial charge is 0.277 e. The summed E-state index contributed by atoms with van der Waals surface area (Å²) in [4.78, 5) is 11.8. The lowest BCUT2D eigenvalue weighted by molar-refractivity contribution is -0.123. The average molecular weight is 410 g/mol. The number of halogens is 2. The highest BCUT2D eigenvalue weighted by atomic mass is 79.9. The van der Waals surface area contributed by atoms with Crippen molar-refractivity contribution in [1.82, 2.24) is 5.43 Å². The minimum Gasteiger partial charge on any atom is -0.483 e. The van der Waals surface area contributed by atoms with E-state index in [1.165, 1.54) is 11.8 Å². The Bertz CT molecular complexity index is 748. The first-order valence-electron chi connectivity index (χ1n) is 7.46. The van der Waals surface area contributed by atoms with Crippen molar-refractivity contribution < 1.29 is 9.53 Å². The van der Waals surface area contributed by atoms with Crippen molar-refractivity contribution in [2.24, 2.45) is 5.10 Å². The van der Waals surface area contributed by atoms with E-state index in [1.54, 1.807) is 6.07 Å². The van der Waals surface area contributed by atoms with Crippen LogP contribution in [0.3, 0.4) is 0 Å². The lowest BCUT2D eigenvalue weighted by atomic mass is 10.0. The molecule has 1 N–H and O–H groups in total. The largest absolute Gasteiger partial charge is 0.483 e. The van der Waals surface area contributed by atoms with Crippen LogP contribution < -0.4 is 10.2 Å². The van der Waals surface area contributed by atoms with E-state index in [0.717, 1.165) is 10.0 Å². The molecule has 2 rings (SSSR count). The van der Waals surface area contributed by atoms with Crippen LogP contribution in [-0.2, 0) is 4.79 Å². The molecule has 0 aliphatic rings. The van der Waals surface area contributed by atoms with Gasteiger partial charge < -0.3 is 4.74 Å². The maximum Gasteiger partial charge on any atom is 0.277 e. The molecule has 0 bridgehead atoms. The Kier molecular flexibility index (Phi) is 6.82. The number of carbonyl (C=O) groups is 1. The summed E-state index contributed by atoms with van der Waals surface area (Å²) >= 11 is 9.46. The molecule has 0 spiro atoms. The third-order valence-corrected chi connectivity index (χ3v) is 4.24. The van der Waals surface area contributed by atoms with Crippen LogP contribution in [0.15, 0.2) is 52.0 Å². The Hall–Kier alpha value is -1.85. The molecule has 0 unspecified atom stereocenters. The summed E-state index contributed by atoms with van der Waals surface area (Å²) in [5.74, 6) is 0.695. The molecule has 0 atom stereocenters. The molecule has 0 fully saturated rings. The summed E-state index contributed by atoms with van der Waals surface area (Å²) in [5, 5.41) is 4.44. The third kappa shape index (κ3) is 5.35. The lowest BCUT2D eigenvalue weighted by Gasteiger charge is -2.10. The molecule has 0 saturated carbocycles. The number of hydrogen-bond acceptors (Lipinski definition) is 3. The first-order valence-corrected chi connectivity index (χ1v) is 8.63. The molecule has 0 saturated heterocycles. The molecule has 2 aromatic rings. The fourth-order valence-electron chi connectivity index (χ4n) is 1.92. The van der Waals surface area contributed by atoms with Crippen LogP contribution in [0.4, 0.5) is 0 Å². The molecule has 0 aliphatic carbocycles. The Balaban J connectivity index is 1.86. The number of hydrogen-bond donors (Lipinski definition) is 1. The first-order chi connectivity index (χ1) is 11.5. The third-order valence-electron chi connectivity index (χ3n) is 3.28. The molecule has 2 aromatic carbocycles. The van der Waals surface area contributed by atoms with Crippen molar-refractivity contribution >= 4 is 39.7 Å². The fraction of sp³-hybridized carbons (Fsp3) is 0.222. The van der Waals surface area contributed by atoms with Crippen LogP contribution in [0.5, 0.6) is 5.75 Å². The zero-order valence-electron chi connectivity index (χ0n) is 13.4. The standard InChI is InChI=1S/C18H18BrClN2O2/c1-12(2)13-7-8-17(15(19)9-13)24-11-18(23)22-21-10-14-5-3-4-6-16(14)20/h3-10,12H,11H2,1-2H3,(H,22,23)/b21-10+. The van der Waals surface area contributed by atoms with Gasteiger partial charge in [-0.15, -0.1) is 0 Å². The summed E-state index contributed by atoms with van der Waals surface area (Å²) in [6.07, 6.45) is 1.49. The van der Waals surface area contributed by atoms with E-state index in [0.29, 0.717) is 16.7 Å². The molecule has 6 heteroatoms. The molecule has 1 amide bonds. The number of amides is 1. The zero-order chi connectivity index (χ0) is 17.5. The van der Waals surface area contributed by atoms with E-state index < -0.39 is 0 Å². The van der Waals surface area contributed by atoms with Gasteiger partial charge in [0, 0.05) is 10.6 Å². The summed E-state index contributed by atoms with van der Waals surface area (Å²) < 4.78 is 6.32. The van der Waals surface area contributed by atoms with E-state index in [9.17, 15) is 4.79 Å². The monoisotopic (exact) mass is 408 g/mol. The van der Waals surface area contributed by atoms with Gasteiger partial charge in [-0.2, -0.15) is 5.10 Å². The van der Waals surface area contributed by atoms with E-state index in [1.807, 2.05) is 36.4 Å². The van der Waals surface area contributed by atoms with Crippen molar-refractivity contribution in [2.75, 3.05) is 6.61 Å². The number of nitrogens with zero attached hydrogens (tertiary/aromatic N) is 1. The first kappa shape index (κ1) is 18.5. The quantitative estimate of drug-likeness (QED) is 0.552. The highest BCUT2D eigenvalue weighted by Gasteiger charge is 2.07. The van der Waals surface area contributed by atoms with Crippen LogP contribution in [-0.4, -0.2) is 18.7 Å². The number of nitrogens with one attached hydrogen (secondary N) is 1. The molecule has 0 heterocycles. The Morgan fingerprint density at radius 3 is 2.75 bits per heavy atom. The van der Waals surface area contributed by atoms with Crippen molar-refractivity contribution in [1.29, 1.82) is 0 Å². The normalized spacial score (nSPS) is 11.0. The molecule has 24 heavy (non-hydrogen) atoms. The number of rotatable bonds is 6. The van der Waals surface area contributed by atoms with Crippen LogP contribution in [0.1, 0.15) is 30.9 Å². The van der Waals surface area contributed by atoms with Crippen LogP contribution >= 0.6 is 27.5 Å². The second-order valence-corrected chi connectivity index (χ2v) is 6.71. The van der Waals surface area contributed by atoms with Gasteiger partial charge in [0.2, 0.25) is 0 Å². The van der Waals surface area contributed by atoms with Crippen LogP contribution in [0, 0.1) is 0 Å². The van der Waals surface area contributed by atoms with Gasteiger partial charge in [0.1, 0.15) is 5.75 Å². The van der Waals surface area contributed by atoms with Gasteiger partial charge in [-0.25, -0.2) is 5.43 Å². The predicted molar refractivity (Wildman–Crippen MR) is 101 cm³/mol. The minimum absolute atomic E-state index is 0.126. The van der Waals surface area contributed by atoms with E-state index in [2.05, 4.69) is 40.3 Å². The molecule has 126 valence electrons. The Morgan fingerprint density at radius 2 is 2.08 bits per heavy atom. The number of ether oxygens (including phenoxy) is 1. The number of benzene rings is 2. The van der Waals surface area contributed by atoms with Gasteiger partial charge in [0.15, 0.2) is 6.61 Å². The maximum absolute atomic E-state index is 11.8. The average Bonchev–Trinajstić information content (AvgIpc) is 2.55. The Labute approximate surface area is 155 Å². The molecule has 4 nitrogen and oxygen atoms in total. The fourth-order valence-corrected chi connectivity index (χ4v) is 2.62.